The number of nitrogens with one attached hydrogen (secondary N) is 1. The first-order valence-electron chi connectivity index (χ1n) is 26.4. The van der Waals surface area contributed by atoms with Gasteiger partial charge in [-0.25, -0.2) is 4.98 Å². The van der Waals surface area contributed by atoms with E-state index >= 15 is 0 Å². The number of aromatic nitrogens is 1. The van der Waals surface area contributed by atoms with Gasteiger partial charge in [-0.3, -0.25) is 24.1 Å². The van der Waals surface area contributed by atoms with Crippen LogP contribution >= 0.6 is 22.9 Å². The fraction of sp³-hybridized carbons (Fsp3) is 0.467. The van der Waals surface area contributed by atoms with Crippen molar-refractivity contribution in [2.75, 3.05) is 44.2 Å². The summed E-state index contributed by atoms with van der Waals surface area (Å²) in [5, 5.41) is 23.6. The van der Waals surface area contributed by atoms with Gasteiger partial charge in [0, 0.05) is 85.8 Å². The maximum absolute atomic E-state index is 14.5. The van der Waals surface area contributed by atoms with Crippen LogP contribution in [0.25, 0.3) is 10.4 Å². The van der Waals surface area contributed by atoms with Crippen LogP contribution in [0.4, 0.5) is 5.69 Å². The lowest BCUT2D eigenvalue weighted by Gasteiger charge is -2.63. The number of rotatable bonds is 17. The largest absolute Gasteiger partial charge is 0.489 e. The van der Waals surface area contributed by atoms with Crippen LogP contribution < -0.4 is 15.0 Å². The van der Waals surface area contributed by atoms with Crippen molar-refractivity contribution < 1.29 is 29.0 Å². The van der Waals surface area contributed by atoms with Gasteiger partial charge in [0.2, 0.25) is 11.8 Å². The molecular weight excluding hydrogens is 982 g/mol. The highest BCUT2D eigenvalue weighted by Crippen LogP contribution is 2.62. The minimum absolute atomic E-state index is 0.0239. The van der Waals surface area contributed by atoms with Gasteiger partial charge in [-0.1, -0.05) is 108 Å². The number of aliphatic hydroxyl groups excluding tert-OH is 1. The van der Waals surface area contributed by atoms with E-state index in [-0.39, 0.29) is 71.3 Å². The molecule has 3 aliphatic heterocycles. The maximum atomic E-state index is 14.5. The van der Waals surface area contributed by atoms with E-state index in [4.69, 9.17) is 16.3 Å². The number of ether oxygens (including phenoxy) is 1. The van der Waals surface area contributed by atoms with Gasteiger partial charge in [-0.2, -0.15) is 5.26 Å². The van der Waals surface area contributed by atoms with Gasteiger partial charge in [0.1, 0.15) is 30.0 Å². The van der Waals surface area contributed by atoms with Gasteiger partial charge in [0.25, 0.3) is 5.91 Å². The van der Waals surface area contributed by atoms with E-state index in [0.717, 1.165) is 84.1 Å². The van der Waals surface area contributed by atoms with Crippen molar-refractivity contribution >= 4 is 52.1 Å². The molecule has 2 N–H and O–H groups in total. The van der Waals surface area contributed by atoms with E-state index in [9.17, 15) is 29.5 Å². The Bertz CT molecular complexity index is 2960. The summed E-state index contributed by atoms with van der Waals surface area (Å²) in [6.45, 7) is 21.1. The van der Waals surface area contributed by atoms with Gasteiger partial charge in [0.15, 0.2) is 5.78 Å². The summed E-state index contributed by atoms with van der Waals surface area (Å²) >= 11 is 7.87. The first-order chi connectivity index (χ1) is 35.7. The van der Waals surface area contributed by atoms with Gasteiger partial charge >= 0.3 is 0 Å². The number of halogens is 1. The molecule has 15 heteroatoms. The van der Waals surface area contributed by atoms with Crippen molar-refractivity contribution in [3.05, 3.63) is 135 Å². The number of fused-ring (bicyclic) bond motifs is 1. The van der Waals surface area contributed by atoms with Crippen LogP contribution in [0.1, 0.15) is 122 Å². The fourth-order valence-electron chi connectivity index (χ4n) is 12.6. The van der Waals surface area contributed by atoms with E-state index in [1.165, 1.54) is 10.5 Å². The number of amides is 3. The number of carbonyl (C=O) groups is 4. The second-order valence-electron chi connectivity index (χ2n) is 22.7. The Kier molecular flexibility index (Phi) is 15.7. The van der Waals surface area contributed by atoms with E-state index in [1.54, 1.807) is 34.4 Å². The number of aryl methyl sites for hydroxylation is 2. The Labute approximate surface area is 450 Å². The van der Waals surface area contributed by atoms with Crippen molar-refractivity contribution in [2.45, 2.75) is 118 Å². The Morgan fingerprint density at radius 1 is 0.947 bits per heavy atom. The van der Waals surface area contributed by atoms with E-state index < -0.39 is 18.2 Å². The lowest BCUT2D eigenvalue weighted by Crippen LogP contribution is -2.66. The molecule has 0 bridgehead atoms. The van der Waals surface area contributed by atoms with Crippen molar-refractivity contribution in [2.24, 2.45) is 22.7 Å². The van der Waals surface area contributed by atoms with Gasteiger partial charge < -0.3 is 29.9 Å². The molecule has 0 unspecified atom stereocenters. The molecule has 1 aliphatic carbocycles. The number of ketones is 1. The Hall–Kier alpha value is -6.11. The number of aliphatic hydroxyl groups is 1. The Morgan fingerprint density at radius 3 is 2.29 bits per heavy atom. The summed E-state index contributed by atoms with van der Waals surface area (Å²) in [5.74, 6) is -0.222. The standard InChI is InChI=1S/C60H70ClN7O6S/c1-36(2)53(57(73)67-34-46(69)29-50(67)55(71)64-37(3)40-15-17-42(18-16-40)54-38(4)63-35-75-54)68-33-44-19-21-45(28-48(44)56(68)72)66-26-24-65(25-27-66)23-9-10-39-11-13-41(14-12-39)51(70)31-52-59(5,6)58(60(52,7)8)74-47-22-20-43(32-62)49(61)30-47/h11-22,28,30,35-37,46,50,52-53,58,69H,9-10,23-27,29,31,33-34H2,1-8H3,(H,64,71)/t37-,46+,50-,52?,53-,58?/m0/s1. The summed E-state index contributed by atoms with van der Waals surface area (Å²) in [5.41, 5.74) is 9.08. The summed E-state index contributed by atoms with van der Waals surface area (Å²) < 4.78 is 6.44. The number of anilines is 1. The number of hydrogen-bond acceptors (Lipinski definition) is 11. The molecule has 4 aromatic carbocycles. The first kappa shape index (κ1) is 53.7. The molecule has 3 amide bonds. The minimum Gasteiger partial charge on any atom is -0.489 e. The van der Waals surface area contributed by atoms with Crippen molar-refractivity contribution in [1.82, 2.24) is 25.0 Å². The quantitative estimate of drug-likeness (QED) is 0.0859. The number of nitrogens with zero attached hydrogens (tertiary/aromatic N) is 6. The lowest BCUT2D eigenvalue weighted by molar-refractivity contribution is -0.196. The second kappa shape index (κ2) is 21.9. The van der Waals surface area contributed by atoms with Crippen LogP contribution in [0, 0.1) is 40.9 Å². The molecular formula is C60H70ClN7O6S. The number of thiazole rings is 1. The van der Waals surface area contributed by atoms with E-state index in [1.807, 2.05) is 81.7 Å². The highest BCUT2D eigenvalue weighted by Gasteiger charge is 2.63. The number of piperazine rings is 1. The van der Waals surface area contributed by atoms with Crippen LogP contribution in [0.5, 0.6) is 5.75 Å². The maximum Gasteiger partial charge on any atom is 0.255 e. The topological polar surface area (TPSA) is 159 Å². The zero-order valence-electron chi connectivity index (χ0n) is 44.4. The summed E-state index contributed by atoms with van der Waals surface area (Å²) in [7, 11) is 0. The van der Waals surface area contributed by atoms with Gasteiger partial charge in [-0.05, 0) is 91.6 Å². The van der Waals surface area contributed by atoms with Crippen LogP contribution in [-0.4, -0.2) is 112 Å². The highest BCUT2D eigenvalue weighted by molar-refractivity contribution is 7.13. The average molecular weight is 1050 g/mol. The van der Waals surface area contributed by atoms with Crippen LogP contribution in [0.3, 0.4) is 0 Å². The van der Waals surface area contributed by atoms with Crippen molar-refractivity contribution in [3.63, 3.8) is 0 Å². The summed E-state index contributed by atoms with van der Waals surface area (Å²) in [6, 6.07) is 27.4. The Balaban J connectivity index is 0.737. The van der Waals surface area contributed by atoms with Gasteiger partial charge in [0.05, 0.1) is 38.8 Å². The molecule has 0 radical (unpaired) electrons. The van der Waals surface area contributed by atoms with Crippen LogP contribution in [-0.2, 0) is 22.6 Å². The zero-order valence-corrected chi connectivity index (χ0v) is 46.0. The summed E-state index contributed by atoms with van der Waals surface area (Å²) in [4.78, 5) is 69.8. The third kappa shape index (κ3) is 11.0. The first-order valence-corrected chi connectivity index (χ1v) is 27.7. The number of benzene rings is 4. The number of likely N-dealkylation sites (tertiary alicyclic amines) is 1. The van der Waals surface area contributed by atoms with Crippen molar-refractivity contribution in [3.8, 4) is 22.3 Å². The molecule has 4 heterocycles. The average Bonchev–Trinajstić information content (AvgIpc) is 4.12. The molecule has 1 aromatic heterocycles. The number of carbonyl (C=O) groups excluding carboxylic acids is 4. The molecule has 13 nitrogen and oxygen atoms in total. The lowest BCUT2D eigenvalue weighted by atomic mass is 9.44. The highest BCUT2D eigenvalue weighted by atomic mass is 35.5. The van der Waals surface area contributed by atoms with E-state index in [0.29, 0.717) is 34.9 Å². The second-order valence-corrected chi connectivity index (χ2v) is 23.9. The van der Waals surface area contributed by atoms with Gasteiger partial charge in [-0.15, -0.1) is 11.3 Å². The third-order valence-corrected chi connectivity index (χ3v) is 17.9. The zero-order chi connectivity index (χ0) is 53.5. The van der Waals surface area contributed by atoms with Crippen molar-refractivity contribution in [1.29, 1.82) is 5.26 Å². The fourth-order valence-corrected chi connectivity index (χ4v) is 13.6. The smallest absolute Gasteiger partial charge is 0.255 e. The molecule has 1 saturated carbocycles. The predicted octanol–water partition coefficient (Wildman–Crippen LogP) is 9.92. The molecule has 4 aliphatic rings. The summed E-state index contributed by atoms with van der Waals surface area (Å²) in [6.07, 6.45) is 1.48. The normalized spacial score (nSPS) is 21.8. The molecule has 3 fully saturated rings. The molecule has 2 saturated heterocycles. The molecule has 0 spiro atoms. The van der Waals surface area contributed by atoms with Crippen LogP contribution in [0.15, 0.2) is 90.4 Å². The number of hydrogen-bond donors (Lipinski definition) is 2. The number of Topliss-reactive ketones (excluding diaryl/α,β-unsaturated/α-hetero) is 1. The number of nitriles is 1. The minimum atomic E-state index is -0.866. The van der Waals surface area contributed by atoms with E-state index in [2.05, 4.69) is 72.1 Å². The van der Waals surface area contributed by atoms with Crippen LogP contribution in [0.2, 0.25) is 5.02 Å². The predicted molar refractivity (Wildman–Crippen MR) is 294 cm³/mol. The monoisotopic (exact) mass is 1050 g/mol. The molecule has 5 aromatic rings. The Morgan fingerprint density at radius 2 is 1.65 bits per heavy atom. The third-order valence-electron chi connectivity index (χ3n) is 16.6. The number of β-amino-alcohol motifs (C(OH)–C–C–N with tert-alkyl or cyclic N) is 1. The molecule has 4 atom stereocenters. The SMILES string of the molecule is Cc1ncsc1-c1ccc([C@H](C)NC(=O)[C@@H]2C[C@@H](O)CN2C(=O)[C@H](C(C)C)N2Cc3ccc(N4CCN(CCCc5ccc(C(=O)CC6C(C)(C)C(Oc7ccc(C#N)c(Cl)c7)C6(C)C)cc5)CC4)cc3C2=O)cc1. The molecule has 9 rings (SSSR count). The molecule has 75 heavy (non-hydrogen) atoms. The molecule has 394 valence electrons.